The molecule has 1 fully saturated rings. The molecule has 2 heterocycles. The minimum absolute atomic E-state index is 0.0602. The van der Waals surface area contributed by atoms with Gasteiger partial charge in [-0.25, -0.2) is 9.97 Å². The summed E-state index contributed by atoms with van der Waals surface area (Å²) in [6.45, 7) is 4.93. The lowest BCUT2D eigenvalue weighted by Crippen LogP contribution is -2.43. The molecule has 1 amide bonds. The van der Waals surface area contributed by atoms with Gasteiger partial charge in [0.1, 0.15) is 11.5 Å². The van der Waals surface area contributed by atoms with Crippen LogP contribution < -0.4 is 5.73 Å². The first kappa shape index (κ1) is 10.9. The van der Waals surface area contributed by atoms with Crippen LogP contribution in [0.3, 0.4) is 0 Å². The number of hydrogen-bond acceptors (Lipinski definition) is 4. The number of nitrogens with two attached hydrogens (primary N) is 1. The summed E-state index contributed by atoms with van der Waals surface area (Å²) < 4.78 is 0. The molecule has 2 rings (SSSR count). The van der Waals surface area contributed by atoms with Gasteiger partial charge in [0.15, 0.2) is 0 Å². The number of carbonyl (C=O) groups excluding carboxylic acids is 1. The van der Waals surface area contributed by atoms with Gasteiger partial charge in [0, 0.05) is 12.1 Å². The van der Waals surface area contributed by atoms with Crippen molar-refractivity contribution in [3.63, 3.8) is 0 Å². The highest BCUT2D eigenvalue weighted by atomic mass is 16.2. The summed E-state index contributed by atoms with van der Waals surface area (Å²) in [5, 5.41) is 0. The molecule has 0 saturated carbocycles. The molecule has 0 bridgehead atoms. The van der Waals surface area contributed by atoms with E-state index in [9.17, 15) is 4.79 Å². The Morgan fingerprint density at radius 2 is 2.19 bits per heavy atom. The summed E-state index contributed by atoms with van der Waals surface area (Å²) in [5.41, 5.74) is 5.72. The van der Waals surface area contributed by atoms with Crippen molar-refractivity contribution >= 4 is 11.7 Å². The van der Waals surface area contributed by atoms with Crippen LogP contribution in [0, 0.1) is 0 Å². The number of nitrogens with zero attached hydrogens (tertiary/aromatic N) is 3. The molecule has 0 atom stereocenters. The van der Waals surface area contributed by atoms with Gasteiger partial charge in [0.2, 0.25) is 0 Å². The Labute approximate surface area is 94.7 Å². The minimum Gasteiger partial charge on any atom is -0.382 e. The first-order chi connectivity index (χ1) is 7.50. The van der Waals surface area contributed by atoms with Crippen molar-refractivity contribution in [2.24, 2.45) is 0 Å². The van der Waals surface area contributed by atoms with Gasteiger partial charge in [-0.15, -0.1) is 0 Å². The normalized spacial score (nSPS) is 18.8. The first-order valence-electron chi connectivity index (χ1n) is 5.40. The van der Waals surface area contributed by atoms with E-state index in [-0.39, 0.29) is 11.4 Å². The fourth-order valence-electron chi connectivity index (χ4n) is 2.07. The zero-order chi connectivity index (χ0) is 11.8. The highest BCUT2D eigenvalue weighted by molar-refractivity contribution is 5.92. The molecule has 86 valence electrons. The molecule has 2 N–H and O–H groups in total. The van der Waals surface area contributed by atoms with Gasteiger partial charge in [-0.2, -0.15) is 0 Å². The maximum atomic E-state index is 12.2. The molecule has 1 aliphatic heterocycles. The lowest BCUT2D eigenvalue weighted by atomic mass is 10.0. The average Bonchev–Trinajstić information content (AvgIpc) is 2.58. The SMILES string of the molecule is CC1(C)CCCN1C(=O)c1cnc(N)cn1. The first-order valence-corrected chi connectivity index (χ1v) is 5.40. The van der Waals surface area contributed by atoms with Gasteiger partial charge in [0.25, 0.3) is 5.91 Å². The third-order valence-electron chi connectivity index (χ3n) is 3.04. The summed E-state index contributed by atoms with van der Waals surface area (Å²) in [4.78, 5) is 21.9. The molecule has 0 aliphatic carbocycles. The van der Waals surface area contributed by atoms with Crippen molar-refractivity contribution in [2.75, 3.05) is 12.3 Å². The van der Waals surface area contributed by atoms with E-state index in [0.29, 0.717) is 11.5 Å². The molecule has 0 aromatic carbocycles. The van der Waals surface area contributed by atoms with Gasteiger partial charge in [-0.3, -0.25) is 4.79 Å². The second-order valence-electron chi connectivity index (χ2n) is 4.70. The van der Waals surface area contributed by atoms with Gasteiger partial charge in [-0.05, 0) is 26.7 Å². The maximum absolute atomic E-state index is 12.2. The topological polar surface area (TPSA) is 72.1 Å². The number of anilines is 1. The Bertz CT molecular complexity index is 399. The van der Waals surface area contributed by atoms with E-state index in [2.05, 4.69) is 23.8 Å². The molecule has 1 aromatic heterocycles. The number of rotatable bonds is 1. The van der Waals surface area contributed by atoms with Crippen molar-refractivity contribution in [3.8, 4) is 0 Å². The molecule has 0 radical (unpaired) electrons. The Kier molecular flexibility index (Phi) is 2.53. The molecule has 5 nitrogen and oxygen atoms in total. The second-order valence-corrected chi connectivity index (χ2v) is 4.70. The fraction of sp³-hybridized carbons (Fsp3) is 0.545. The predicted molar refractivity (Wildman–Crippen MR) is 60.8 cm³/mol. The quantitative estimate of drug-likeness (QED) is 0.768. The summed E-state index contributed by atoms with van der Waals surface area (Å²) >= 11 is 0. The number of hydrogen-bond donors (Lipinski definition) is 1. The molecule has 1 aromatic rings. The van der Waals surface area contributed by atoms with E-state index in [0.717, 1.165) is 19.4 Å². The van der Waals surface area contributed by atoms with Crippen molar-refractivity contribution in [2.45, 2.75) is 32.2 Å². The van der Waals surface area contributed by atoms with E-state index in [1.54, 1.807) is 0 Å². The van der Waals surface area contributed by atoms with E-state index >= 15 is 0 Å². The zero-order valence-corrected chi connectivity index (χ0v) is 9.60. The Hall–Kier alpha value is -1.65. The number of carbonyl (C=O) groups is 1. The maximum Gasteiger partial charge on any atom is 0.274 e. The molecule has 1 saturated heterocycles. The molecule has 5 heteroatoms. The molecule has 0 unspecified atom stereocenters. The molecule has 0 spiro atoms. The fourth-order valence-corrected chi connectivity index (χ4v) is 2.07. The monoisotopic (exact) mass is 220 g/mol. The Balaban J connectivity index is 2.22. The minimum atomic E-state index is -0.0832. The van der Waals surface area contributed by atoms with Gasteiger partial charge in [0.05, 0.1) is 12.4 Å². The average molecular weight is 220 g/mol. The van der Waals surface area contributed by atoms with Crippen LogP contribution in [0.2, 0.25) is 0 Å². The number of amides is 1. The van der Waals surface area contributed by atoms with Crippen LogP contribution in [0.4, 0.5) is 5.82 Å². The standard InChI is InChI=1S/C11H16N4O/c1-11(2)4-3-5-15(11)10(16)8-6-14-9(12)7-13-8/h6-7H,3-5H2,1-2H3,(H2,12,14). The van der Waals surface area contributed by atoms with Crippen molar-refractivity contribution in [1.82, 2.24) is 14.9 Å². The van der Waals surface area contributed by atoms with Gasteiger partial charge in [-0.1, -0.05) is 0 Å². The van der Waals surface area contributed by atoms with Crippen LogP contribution in [0.25, 0.3) is 0 Å². The molecule has 1 aliphatic rings. The molecule has 16 heavy (non-hydrogen) atoms. The second kappa shape index (κ2) is 3.73. The molecular weight excluding hydrogens is 204 g/mol. The van der Waals surface area contributed by atoms with E-state index < -0.39 is 0 Å². The lowest BCUT2D eigenvalue weighted by molar-refractivity contribution is 0.0645. The van der Waals surface area contributed by atoms with E-state index in [1.807, 2.05) is 4.90 Å². The van der Waals surface area contributed by atoms with E-state index in [1.165, 1.54) is 12.4 Å². The van der Waals surface area contributed by atoms with Gasteiger partial charge >= 0.3 is 0 Å². The van der Waals surface area contributed by atoms with Crippen LogP contribution >= 0.6 is 0 Å². The smallest absolute Gasteiger partial charge is 0.274 e. The van der Waals surface area contributed by atoms with Crippen molar-refractivity contribution in [1.29, 1.82) is 0 Å². The van der Waals surface area contributed by atoms with Gasteiger partial charge < -0.3 is 10.6 Å². The van der Waals surface area contributed by atoms with Crippen LogP contribution in [0.15, 0.2) is 12.4 Å². The Morgan fingerprint density at radius 1 is 1.44 bits per heavy atom. The predicted octanol–water partition coefficient (Wildman–Crippen LogP) is 1.07. The molecular formula is C11H16N4O. The summed E-state index contributed by atoms with van der Waals surface area (Å²) in [5.74, 6) is 0.271. The third kappa shape index (κ3) is 1.85. The lowest BCUT2D eigenvalue weighted by Gasteiger charge is -2.31. The third-order valence-corrected chi connectivity index (χ3v) is 3.04. The van der Waals surface area contributed by atoms with Crippen LogP contribution in [0.1, 0.15) is 37.2 Å². The highest BCUT2D eigenvalue weighted by Crippen LogP contribution is 2.29. The number of aromatic nitrogens is 2. The van der Waals surface area contributed by atoms with Crippen molar-refractivity contribution < 1.29 is 4.79 Å². The Morgan fingerprint density at radius 3 is 2.69 bits per heavy atom. The summed E-state index contributed by atoms with van der Waals surface area (Å²) in [6.07, 6.45) is 4.92. The largest absolute Gasteiger partial charge is 0.382 e. The van der Waals surface area contributed by atoms with Crippen LogP contribution in [0.5, 0.6) is 0 Å². The van der Waals surface area contributed by atoms with E-state index in [4.69, 9.17) is 5.73 Å². The van der Waals surface area contributed by atoms with Crippen LogP contribution in [-0.4, -0.2) is 32.9 Å². The summed E-state index contributed by atoms with van der Waals surface area (Å²) in [6, 6.07) is 0. The van der Waals surface area contributed by atoms with Crippen molar-refractivity contribution in [3.05, 3.63) is 18.1 Å². The highest BCUT2D eigenvalue weighted by Gasteiger charge is 2.36. The number of likely N-dealkylation sites (tertiary alicyclic amines) is 1. The summed E-state index contributed by atoms with van der Waals surface area (Å²) in [7, 11) is 0. The number of nitrogen functional groups attached to an aromatic ring is 1. The van der Waals surface area contributed by atoms with Crippen LogP contribution in [-0.2, 0) is 0 Å². The zero-order valence-electron chi connectivity index (χ0n) is 9.60.